The van der Waals surface area contributed by atoms with Gasteiger partial charge in [0.15, 0.2) is 0 Å². The van der Waals surface area contributed by atoms with Crippen molar-refractivity contribution < 1.29 is 0 Å². The molecule has 1 aromatic heterocycles. The van der Waals surface area contributed by atoms with Gasteiger partial charge in [0.1, 0.15) is 11.6 Å². The largest absolute Gasteiger partial charge is 0.354 e. The van der Waals surface area contributed by atoms with Gasteiger partial charge >= 0.3 is 0 Å². The second kappa shape index (κ2) is 7.09. The van der Waals surface area contributed by atoms with Crippen LogP contribution < -0.4 is 4.90 Å². The van der Waals surface area contributed by atoms with Crippen molar-refractivity contribution in [3.05, 3.63) is 53.0 Å². The van der Waals surface area contributed by atoms with Crippen molar-refractivity contribution in [2.24, 2.45) is 0 Å². The van der Waals surface area contributed by atoms with Gasteiger partial charge in [-0.05, 0) is 32.8 Å². The minimum absolute atomic E-state index is 0.870. The summed E-state index contributed by atoms with van der Waals surface area (Å²) in [5.41, 5.74) is 3.74. The average molecular weight is 310 g/mol. The third-order valence-electron chi connectivity index (χ3n) is 4.71. The molecule has 4 heteroatoms. The highest BCUT2D eigenvalue weighted by molar-refractivity contribution is 5.48. The van der Waals surface area contributed by atoms with E-state index in [-0.39, 0.29) is 0 Å². The minimum Gasteiger partial charge on any atom is -0.354 e. The Kier molecular flexibility index (Phi) is 4.91. The average Bonchev–Trinajstić information content (AvgIpc) is 2.58. The van der Waals surface area contributed by atoms with Crippen LogP contribution in [0.2, 0.25) is 0 Å². The summed E-state index contributed by atoms with van der Waals surface area (Å²) in [4.78, 5) is 14.1. The summed E-state index contributed by atoms with van der Waals surface area (Å²) >= 11 is 0. The van der Waals surface area contributed by atoms with Crippen LogP contribution in [0.15, 0.2) is 30.3 Å². The van der Waals surface area contributed by atoms with Gasteiger partial charge < -0.3 is 4.90 Å². The molecule has 2 aromatic rings. The van der Waals surface area contributed by atoms with Crippen LogP contribution in [0, 0.1) is 20.8 Å². The van der Waals surface area contributed by atoms with E-state index in [9.17, 15) is 0 Å². The van der Waals surface area contributed by atoms with Gasteiger partial charge in [-0.3, -0.25) is 4.90 Å². The lowest BCUT2D eigenvalue weighted by Gasteiger charge is -2.36. The van der Waals surface area contributed by atoms with Crippen molar-refractivity contribution in [3.63, 3.8) is 0 Å². The molecule has 1 aromatic carbocycles. The highest BCUT2D eigenvalue weighted by Gasteiger charge is 2.20. The number of hydrogen-bond acceptors (Lipinski definition) is 4. The number of aromatic nitrogens is 2. The van der Waals surface area contributed by atoms with Crippen LogP contribution in [0.1, 0.15) is 22.6 Å². The van der Waals surface area contributed by atoms with Crippen molar-refractivity contribution in [2.45, 2.75) is 27.2 Å². The number of rotatable bonds is 4. The van der Waals surface area contributed by atoms with E-state index in [1.807, 2.05) is 6.92 Å². The van der Waals surface area contributed by atoms with Crippen molar-refractivity contribution in [1.82, 2.24) is 14.9 Å². The Morgan fingerprint density at radius 1 is 0.913 bits per heavy atom. The first-order valence-corrected chi connectivity index (χ1v) is 8.46. The van der Waals surface area contributed by atoms with E-state index in [4.69, 9.17) is 0 Å². The molecule has 23 heavy (non-hydrogen) atoms. The summed E-state index contributed by atoms with van der Waals surface area (Å²) in [6, 6.07) is 10.8. The summed E-state index contributed by atoms with van der Waals surface area (Å²) in [7, 11) is 0. The maximum absolute atomic E-state index is 4.67. The van der Waals surface area contributed by atoms with Gasteiger partial charge in [-0.25, -0.2) is 9.97 Å². The third-order valence-corrected chi connectivity index (χ3v) is 4.71. The van der Waals surface area contributed by atoms with E-state index in [1.165, 1.54) is 11.1 Å². The number of benzene rings is 1. The van der Waals surface area contributed by atoms with Crippen LogP contribution in [0.4, 0.5) is 5.82 Å². The molecule has 1 saturated heterocycles. The zero-order valence-corrected chi connectivity index (χ0v) is 14.4. The van der Waals surface area contributed by atoms with E-state index in [0.717, 1.165) is 56.5 Å². The Bertz CT molecular complexity index is 646. The Labute approximate surface area is 139 Å². The van der Waals surface area contributed by atoms with Gasteiger partial charge in [0.2, 0.25) is 0 Å². The van der Waals surface area contributed by atoms with Crippen LogP contribution in [0.5, 0.6) is 0 Å². The monoisotopic (exact) mass is 310 g/mol. The zero-order chi connectivity index (χ0) is 16.2. The van der Waals surface area contributed by atoms with E-state index in [0.29, 0.717) is 0 Å². The van der Waals surface area contributed by atoms with Crippen molar-refractivity contribution in [3.8, 4) is 0 Å². The third kappa shape index (κ3) is 3.88. The van der Waals surface area contributed by atoms with Crippen LogP contribution in [-0.2, 0) is 6.42 Å². The van der Waals surface area contributed by atoms with Gasteiger partial charge in [-0.2, -0.15) is 0 Å². The molecule has 0 aliphatic carbocycles. The normalized spacial score (nSPS) is 15.9. The lowest BCUT2D eigenvalue weighted by atomic mass is 10.1. The first-order valence-electron chi connectivity index (χ1n) is 8.46. The number of nitrogens with zero attached hydrogens (tertiary/aromatic N) is 4. The quantitative estimate of drug-likeness (QED) is 0.869. The lowest BCUT2D eigenvalue weighted by molar-refractivity contribution is 0.260. The van der Waals surface area contributed by atoms with Crippen molar-refractivity contribution >= 4 is 5.82 Å². The predicted octanol–water partition coefficient (Wildman–Crippen LogP) is 2.77. The second-order valence-electron chi connectivity index (χ2n) is 6.37. The number of anilines is 1. The summed E-state index contributed by atoms with van der Waals surface area (Å²) in [6.45, 7) is 11.6. The molecular weight excluding hydrogens is 284 g/mol. The van der Waals surface area contributed by atoms with Gasteiger partial charge in [0.05, 0.1) is 0 Å². The van der Waals surface area contributed by atoms with E-state index >= 15 is 0 Å². The molecule has 122 valence electrons. The van der Waals surface area contributed by atoms with E-state index in [1.54, 1.807) is 0 Å². The Balaban J connectivity index is 1.56. The van der Waals surface area contributed by atoms with Crippen LogP contribution in [-0.4, -0.2) is 47.6 Å². The van der Waals surface area contributed by atoms with Gasteiger partial charge in [0.25, 0.3) is 0 Å². The molecule has 1 fully saturated rings. The van der Waals surface area contributed by atoms with E-state index in [2.05, 4.69) is 63.9 Å². The fourth-order valence-corrected chi connectivity index (χ4v) is 3.17. The van der Waals surface area contributed by atoms with Crippen molar-refractivity contribution in [1.29, 1.82) is 0 Å². The maximum atomic E-state index is 4.67. The smallest absolute Gasteiger partial charge is 0.135 e. The fraction of sp³-hybridized carbons (Fsp3) is 0.474. The van der Waals surface area contributed by atoms with Crippen LogP contribution in [0.25, 0.3) is 0 Å². The van der Waals surface area contributed by atoms with Crippen LogP contribution >= 0.6 is 0 Å². The highest BCUT2D eigenvalue weighted by Crippen LogP contribution is 2.21. The molecule has 0 radical (unpaired) electrons. The first kappa shape index (κ1) is 15.9. The summed E-state index contributed by atoms with van der Waals surface area (Å²) in [5.74, 6) is 1.99. The highest BCUT2D eigenvalue weighted by atomic mass is 15.3. The number of aryl methyl sites for hydroxylation is 2. The Morgan fingerprint density at radius 3 is 2.30 bits per heavy atom. The van der Waals surface area contributed by atoms with E-state index < -0.39 is 0 Å². The number of hydrogen-bond donors (Lipinski definition) is 0. The topological polar surface area (TPSA) is 32.3 Å². The fourth-order valence-electron chi connectivity index (χ4n) is 3.17. The Hall–Kier alpha value is -1.94. The van der Waals surface area contributed by atoms with Gasteiger partial charge in [-0.1, -0.05) is 30.3 Å². The molecule has 1 aliphatic heterocycles. The molecular formula is C19H26N4. The summed E-state index contributed by atoms with van der Waals surface area (Å²) in [5, 5.41) is 0. The van der Waals surface area contributed by atoms with Gasteiger partial charge in [-0.15, -0.1) is 0 Å². The molecule has 1 aliphatic rings. The lowest BCUT2D eigenvalue weighted by Crippen LogP contribution is -2.47. The SMILES string of the molecule is Cc1nc(C)c(C)c(N2CCN(CCc3ccccc3)CC2)n1. The Morgan fingerprint density at radius 2 is 1.61 bits per heavy atom. The molecule has 0 bridgehead atoms. The molecule has 3 rings (SSSR count). The summed E-state index contributed by atoms with van der Waals surface area (Å²) in [6.07, 6.45) is 1.13. The molecule has 0 unspecified atom stereocenters. The predicted molar refractivity (Wildman–Crippen MR) is 95.0 cm³/mol. The molecule has 4 nitrogen and oxygen atoms in total. The minimum atomic E-state index is 0.870. The van der Waals surface area contributed by atoms with Gasteiger partial charge in [0, 0.05) is 44.0 Å². The molecule has 0 saturated carbocycles. The zero-order valence-electron chi connectivity index (χ0n) is 14.4. The molecule has 0 atom stereocenters. The number of piperazine rings is 1. The first-order chi connectivity index (χ1) is 11.1. The maximum Gasteiger partial charge on any atom is 0.135 e. The molecule has 0 spiro atoms. The summed E-state index contributed by atoms with van der Waals surface area (Å²) < 4.78 is 0. The molecule has 0 amide bonds. The van der Waals surface area contributed by atoms with Crippen molar-refractivity contribution in [2.75, 3.05) is 37.6 Å². The van der Waals surface area contributed by atoms with Crippen LogP contribution in [0.3, 0.4) is 0 Å². The molecule has 2 heterocycles. The molecule has 0 N–H and O–H groups in total. The second-order valence-corrected chi connectivity index (χ2v) is 6.37. The standard InChI is InChI=1S/C19H26N4/c1-15-16(2)20-17(3)21-19(15)23-13-11-22(12-14-23)10-9-18-7-5-4-6-8-18/h4-8H,9-14H2,1-3H3.